The van der Waals surface area contributed by atoms with Gasteiger partial charge in [-0.2, -0.15) is 10.4 Å². The molecule has 0 bridgehead atoms. The lowest BCUT2D eigenvalue weighted by Crippen LogP contribution is -1.94. The van der Waals surface area contributed by atoms with Crippen molar-refractivity contribution in [3.8, 4) is 17.2 Å². The fourth-order valence-electron chi connectivity index (χ4n) is 1.55. The van der Waals surface area contributed by atoms with Crippen molar-refractivity contribution in [3.63, 3.8) is 0 Å². The average molecular weight is 227 g/mol. The summed E-state index contributed by atoms with van der Waals surface area (Å²) in [6, 6.07) is 6.86. The van der Waals surface area contributed by atoms with Gasteiger partial charge in [-0.25, -0.2) is 4.39 Å². The number of halogens is 1. The number of nitriles is 1. The molecule has 2 aromatic rings. The summed E-state index contributed by atoms with van der Waals surface area (Å²) in [4.78, 5) is 0. The number of rotatable bonds is 3. The highest BCUT2D eigenvalue weighted by Crippen LogP contribution is 2.23. The van der Waals surface area contributed by atoms with Gasteiger partial charge in [-0.1, -0.05) is 24.8 Å². The summed E-state index contributed by atoms with van der Waals surface area (Å²) in [6.07, 6.45) is 4.78. The molecule has 0 spiro atoms. The lowest BCUT2D eigenvalue weighted by Gasteiger charge is -2.01. The first-order valence-corrected chi connectivity index (χ1v) is 5.06. The summed E-state index contributed by atoms with van der Waals surface area (Å²) in [5.74, 6) is -0.320. The van der Waals surface area contributed by atoms with Crippen LogP contribution in [0, 0.1) is 17.1 Å². The highest BCUT2D eigenvalue weighted by Gasteiger charge is 2.07. The van der Waals surface area contributed by atoms with Gasteiger partial charge in [0.15, 0.2) is 0 Å². The molecule has 1 aromatic carbocycles. The molecule has 0 aliphatic rings. The number of aromatic nitrogens is 2. The molecule has 0 fully saturated rings. The molecule has 84 valence electrons. The Morgan fingerprint density at radius 2 is 2.35 bits per heavy atom. The van der Waals surface area contributed by atoms with E-state index in [1.165, 1.54) is 10.7 Å². The zero-order valence-electron chi connectivity index (χ0n) is 9.10. The highest BCUT2D eigenvalue weighted by molar-refractivity contribution is 5.65. The molecule has 17 heavy (non-hydrogen) atoms. The molecule has 0 saturated heterocycles. The highest BCUT2D eigenvalue weighted by atomic mass is 19.1. The van der Waals surface area contributed by atoms with Crippen LogP contribution in [0.4, 0.5) is 4.39 Å². The van der Waals surface area contributed by atoms with E-state index in [0.717, 1.165) is 5.56 Å². The lowest BCUT2D eigenvalue weighted by molar-refractivity contribution is 0.631. The van der Waals surface area contributed by atoms with Crippen molar-refractivity contribution in [1.82, 2.24) is 9.78 Å². The molecular weight excluding hydrogens is 217 g/mol. The molecule has 0 saturated carbocycles. The van der Waals surface area contributed by atoms with Crippen LogP contribution in [-0.2, 0) is 6.54 Å². The Labute approximate surface area is 98.4 Å². The minimum Gasteiger partial charge on any atom is -0.258 e. The van der Waals surface area contributed by atoms with E-state index in [4.69, 9.17) is 5.26 Å². The molecule has 4 heteroatoms. The van der Waals surface area contributed by atoms with Crippen LogP contribution in [0.5, 0.6) is 0 Å². The van der Waals surface area contributed by atoms with Crippen molar-refractivity contribution in [2.75, 3.05) is 0 Å². The first kappa shape index (κ1) is 11.1. The molecular formula is C13H10FN3. The van der Waals surface area contributed by atoms with Gasteiger partial charge in [0.25, 0.3) is 0 Å². The first-order valence-electron chi connectivity index (χ1n) is 5.06. The van der Waals surface area contributed by atoms with Crippen LogP contribution in [0.25, 0.3) is 17.2 Å². The SMILES string of the molecule is C=Cc1ccc(-c2cnn(CC#N)c2)c(F)c1. The molecule has 2 rings (SSSR count). The Kier molecular flexibility index (Phi) is 3.01. The standard InChI is InChI=1S/C13H10FN3/c1-2-10-3-4-12(13(14)7-10)11-8-16-17(9-11)6-5-15/h2-4,7-9H,1,6H2. The second-order valence-electron chi connectivity index (χ2n) is 3.53. The van der Waals surface area contributed by atoms with Crippen molar-refractivity contribution in [3.05, 3.63) is 48.6 Å². The van der Waals surface area contributed by atoms with E-state index in [1.54, 1.807) is 30.6 Å². The first-order chi connectivity index (χ1) is 8.24. The van der Waals surface area contributed by atoms with Crippen molar-refractivity contribution in [1.29, 1.82) is 5.26 Å². The fraction of sp³-hybridized carbons (Fsp3) is 0.0769. The van der Waals surface area contributed by atoms with E-state index in [9.17, 15) is 4.39 Å². The normalized spacial score (nSPS) is 9.88. The van der Waals surface area contributed by atoms with Crippen LogP contribution in [-0.4, -0.2) is 9.78 Å². The maximum absolute atomic E-state index is 13.8. The second-order valence-corrected chi connectivity index (χ2v) is 3.53. The van der Waals surface area contributed by atoms with Crippen LogP contribution in [0.2, 0.25) is 0 Å². The molecule has 1 heterocycles. The molecule has 3 nitrogen and oxygen atoms in total. The number of hydrogen-bond donors (Lipinski definition) is 0. The quantitative estimate of drug-likeness (QED) is 0.809. The van der Waals surface area contributed by atoms with Crippen LogP contribution in [0.1, 0.15) is 5.56 Å². The van der Waals surface area contributed by atoms with Crippen LogP contribution >= 0.6 is 0 Å². The van der Waals surface area contributed by atoms with Crippen molar-refractivity contribution >= 4 is 6.08 Å². The fourth-order valence-corrected chi connectivity index (χ4v) is 1.55. The molecule has 0 atom stereocenters. The van der Waals surface area contributed by atoms with Crippen LogP contribution < -0.4 is 0 Å². The third-order valence-electron chi connectivity index (χ3n) is 2.41. The van der Waals surface area contributed by atoms with Gasteiger partial charge >= 0.3 is 0 Å². The van der Waals surface area contributed by atoms with Gasteiger partial charge in [-0.05, 0) is 11.6 Å². The second kappa shape index (κ2) is 4.62. The summed E-state index contributed by atoms with van der Waals surface area (Å²) < 4.78 is 15.2. The Balaban J connectivity index is 2.39. The largest absolute Gasteiger partial charge is 0.258 e. The van der Waals surface area contributed by atoms with Gasteiger partial charge in [0.2, 0.25) is 0 Å². The van der Waals surface area contributed by atoms with E-state index in [-0.39, 0.29) is 12.4 Å². The van der Waals surface area contributed by atoms with E-state index in [0.29, 0.717) is 11.1 Å². The van der Waals surface area contributed by atoms with Gasteiger partial charge in [-0.3, -0.25) is 4.68 Å². The third-order valence-corrected chi connectivity index (χ3v) is 2.41. The molecule has 0 unspecified atom stereocenters. The number of hydrogen-bond acceptors (Lipinski definition) is 2. The Bertz CT molecular complexity index is 593. The molecule has 0 amide bonds. The lowest BCUT2D eigenvalue weighted by atomic mass is 10.1. The van der Waals surface area contributed by atoms with Crippen LogP contribution in [0.15, 0.2) is 37.2 Å². The Hall–Kier alpha value is -2.41. The zero-order valence-corrected chi connectivity index (χ0v) is 9.10. The van der Waals surface area contributed by atoms with E-state index in [1.807, 2.05) is 6.07 Å². The smallest absolute Gasteiger partial charge is 0.131 e. The van der Waals surface area contributed by atoms with E-state index < -0.39 is 0 Å². The Morgan fingerprint density at radius 3 is 3.00 bits per heavy atom. The van der Waals surface area contributed by atoms with Gasteiger partial charge in [0.1, 0.15) is 12.4 Å². The molecule has 0 aliphatic heterocycles. The van der Waals surface area contributed by atoms with E-state index in [2.05, 4.69) is 11.7 Å². The Morgan fingerprint density at radius 1 is 1.53 bits per heavy atom. The topological polar surface area (TPSA) is 41.6 Å². The monoisotopic (exact) mass is 227 g/mol. The summed E-state index contributed by atoms with van der Waals surface area (Å²) in [5, 5.41) is 12.5. The average Bonchev–Trinajstić information content (AvgIpc) is 2.78. The number of nitrogens with zero attached hydrogens (tertiary/aromatic N) is 3. The van der Waals surface area contributed by atoms with Gasteiger partial charge in [0.05, 0.1) is 12.3 Å². The maximum atomic E-state index is 13.8. The molecule has 0 radical (unpaired) electrons. The zero-order chi connectivity index (χ0) is 12.3. The van der Waals surface area contributed by atoms with Crippen molar-refractivity contribution in [2.45, 2.75) is 6.54 Å². The minimum absolute atomic E-state index is 0.159. The maximum Gasteiger partial charge on any atom is 0.131 e. The van der Waals surface area contributed by atoms with Crippen LogP contribution in [0.3, 0.4) is 0 Å². The predicted molar refractivity (Wildman–Crippen MR) is 63.3 cm³/mol. The van der Waals surface area contributed by atoms with E-state index >= 15 is 0 Å². The van der Waals surface area contributed by atoms with Crippen molar-refractivity contribution in [2.24, 2.45) is 0 Å². The summed E-state index contributed by atoms with van der Waals surface area (Å²) >= 11 is 0. The van der Waals surface area contributed by atoms with Crippen molar-refractivity contribution < 1.29 is 4.39 Å². The summed E-state index contributed by atoms with van der Waals surface area (Å²) in [5.41, 5.74) is 1.86. The van der Waals surface area contributed by atoms with Gasteiger partial charge in [0, 0.05) is 17.3 Å². The predicted octanol–water partition coefficient (Wildman–Crippen LogP) is 2.86. The van der Waals surface area contributed by atoms with Gasteiger partial charge < -0.3 is 0 Å². The third kappa shape index (κ3) is 2.23. The molecule has 0 aliphatic carbocycles. The molecule has 0 N–H and O–H groups in total. The van der Waals surface area contributed by atoms with Gasteiger partial charge in [-0.15, -0.1) is 0 Å². The minimum atomic E-state index is -0.320. The summed E-state index contributed by atoms with van der Waals surface area (Å²) in [7, 11) is 0. The number of benzene rings is 1. The molecule has 1 aromatic heterocycles. The summed E-state index contributed by atoms with van der Waals surface area (Å²) in [6.45, 7) is 3.74.